The van der Waals surface area contributed by atoms with E-state index in [1.165, 1.54) is 24.3 Å². The van der Waals surface area contributed by atoms with Crippen molar-refractivity contribution in [1.29, 1.82) is 0 Å². The topological polar surface area (TPSA) is 82.1 Å². The zero-order valence-electron chi connectivity index (χ0n) is 18.9. The van der Waals surface area contributed by atoms with Crippen molar-refractivity contribution in [2.24, 2.45) is 0 Å². The van der Waals surface area contributed by atoms with Crippen LogP contribution < -0.4 is 5.48 Å². The van der Waals surface area contributed by atoms with E-state index in [0.717, 1.165) is 44.5 Å². The molecule has 2 N–H and O–H groups in total. The largest absolute Gasteiger partial charge is 0.465 e. The Morgan fingerprint density at radius 1 is 1.12 bits per heavy atom. The highest BCUT2D eigenvalue weighted by molar-refractivity contribution is 5.90. The van der Waals surface area contributed by atoms with Gasteiger partial charge in [0, 0.05) is 43.7 Å². The Bertz CT molecular complexity index is 969. The van der Waals surface area contributed by atoms with Crippen molar-refractivity contribution in [3.8, 4) is 0 Å². The Morgan fingerprint density at radius 3 is 2.45 bits per heavy atom. The number of hydroxylamine groups is 1. The molecule has 2 aromatic carbocycles. The van der Waals surface area contributed by atoms with Gasteiger partial charge in [0.2, 0.25) is 0 Å². The molecule has 2 fully saturated rings. The molecule has 1 aliphatic heterocycles. The Hall–Kier alpha value is -3.16. The standard InChI is InChI=1S/C26H31N3O4/c1-33-27-25(30)12-11-19-7-9-20(10-8-19)18-28-15-13-22(14-16-28)29(26(31)32)24-17-23(24)21-5-3-2-4-6-21/h2-12,22-24H,13-18H2,1H3,(H,27,30)(H,31,32)/b12-11+. The van der Waals surface area contributed by atoms with Crippen LogP contribution in [0.1, 0.15) is 41.9 Å². The summed E-state index contributed by atoms with van der Waals surface area (Å²) in [5.74, 6) is 0.0228. The number of piperidine rings is 1. The van der Waals surface area contributed by atoms with Crippen LogP contribution in [0.5, 0.6) is 0 Å². The lowest BCUT2D eigenvalue weighted by molar-refractivity contribution is -0.126. The zero-order chi connectivity index (χ0) is 23.2. The zero-order valence-corrected chi connectivity index (χ0v) is 18.9. The van der Waals surface area contributed by atoms with Crippen LogP contribution in [0.4, 0.5) is 4.79 Å². The van der Waals surface area contributed by atoms with Gasteiger partial charge in [-0.05, 0) is 42.0 Å². The Kier molecular flexibility index (Phi) is 7.42. The van der Waals surface area contributed by atoms with Crippen LogP contribution in [0.15, 0.2) is 60.7 Å². The van der Waals surface area contributed by atoms with E-state index in [1.54, 1.807) is 11.0 Å². The van der Waals surface area contributed by atoms with E-state index in [4.69, 9.17) is 0 Å². The Labute approximate surface area is 194 Å². The summed E-state index contributed by atoms with van der Waals surface area (Å²) in [5.41, 5.74) is 5.63. The predicted molar refractivity (Wildman–Crippen MR) is 126 cm³/mol. The Balaban J connectivity index is 1.28. The summed E-state index contributed by atoms with van der Waals surface area (Å²) in [4.78, 5) is 32.2. The molecule has 1 saturated heterocycles. The number of carboxylic acid groups (broad SMARTS) is 1. The molecule has 1 saturated carbocycles. The van der Waals surface area contributed by atoms with Crippen molar-refractivity contribution in [1.82, 2.24) is 15.3 Å². The van der Waals surface area contributed by atoms with Crippen molar-refractivity contribution < 1.29 is 19.5 Å². The third-order valence-electron chi connectivity index (χ3n) is 6.53. The van der Waals surface area contributed by atoms with Gasteiger partial charge in [0.25, 0.3) is 5.91 Å². The first kappa shape index (κ1) is 23.0. The minimum absolute atomic E-state index is 0.0863. The fourth-order valence-electron chi connectivity index (χ4n) is 4.77. The minimum Gasteiger partial charge on any atom is -0.465 e. The van der Waals surface area contributed by atoms with Gasteiger partial charge >= 0.3 is 6.09 Å². The average molecular weight is 450 g/mol. The van der Waals surface area contributed by atoms with Gasteiger partial charge in [-0.2, -0.15) is 0 Å². The first-order chi connectivity index (χ1) is 16.0. The maximum Gasteiger partial charge on any atom is 0.407 e. The number of carbonyl (C=O) groups excluding carboxylic acids is 1. The summed E-state index contributed by atoms with van der Waals surface area (Å²) in [6.45, 7) is 2.61. The second-order valence-electron chi connectivity index (χ2n) is 8.76. The number of benzene rings is 2. The van der Waals surface area contributed by atoms with Crippen LogP contribution in [0.3, 0.4) is 0 Å². The van der Waals surface area contributed by atoms with E-state index in [1.807, 2.05) is 30.3 Å². The number of nitrogens with one attached hydrogen (secondary N) is 1. The molecule has 2 unspecified atom stereocenters. The van der Waals surface area contributed by atoms with E-state index < -0.39 is 6.09 Å². The lowest BCUT2D eigenvalue weighted by Gasteiger charge is -2.37. The van der Waals surface area contributed by atoms with E-state index in [2.05, 4.69) is 39.5 Å². The molecule has 2 atom stereocenters. The molecule has 0 radical (unpaired) electrons. The van der Waals surface area contributed by atoms with Crippen LogP contribution in [-0.4, -0.2) is 59.2 Å². The molecule has 33 heavy (non-hydrogen) atoms. The van der Waals surface area contributed by atoms with E-state index in [9.17, 15) is 14.7 Å². The lowest BCUT2D eigenvalue weighted by Crippen LogP contribution is -2.48. The van der Waals surface area contributed by atoms with Crippen LogP contribution in [0, 0.1) is 0 Å². The van der Waals surface area contributed by atoms with Crippen LogP contribution in [0.2, 0.25) is 0 Å². The number of amides is 2. The molecule has 174 valence electrons. The summed E-state index contributed by atoms with van der Waals surface area (Å²) >= 11 is 0. The molecule has 0 spiro atoms. The number of likely N-dealkylation sites (tertiary alicyclic amines) is 1. The molecule has 2 amide bonds. The van der Waals surface area contributed by atoms with Crippen LogP contribution in [0.25, 0.3) is 6.08 Å². The third-order valence-corrected chi connectivity index (χ3v) is 6.53. The summed E-state index contributed by atoms with van der Waals surface area (Å²) in [5, 5.41) is 9.91. The Morgan fingerprint density at radius 2 is 1.82 bits per heavy atom. The first-order valence-corrected chi connectivity index (χ1v) is 11.4. The highest BCUT2D eigenvalue weighted by atomic mass is 16.6. The lowest BCUT2D eigenvalue weighted by atomic mass is 10.0. The van der Waals surface area contributed by atoms with Gasteiger partial charge < -0.3 is 10.0 Å². The van der Waals surface area contributed by atoms with Crippen molar-refractivity contribution in [3.05, 3.63) is 77.4 Å². The first-order valence-electron chi connectivity index (χ1n) is 11.4. The number of hydrogen-bond acceptors (Lipinski definition) is 4. The van der Waals surface area contributed by atoms with E-state index in [-0.39, 0.29) is 18.0 Å². The van der Waals surface area contributed by atoms with Crippen LogP contribution in [-0.2, 0) is 16.2 Å². The SMILES string of the molecule is CONC(=O)/C=C/c1ccc(CN2CCC(N(C(=O)O)C3CC3c3ccccc3)CC2)cc1. The fourth-order valence-corrected chi connectivity index (χ4v) is 4.77. The maximum atomic E-state index is 12.1. The molecular weight excluding hydrogens is 418 g/mol. The molecule has 1 heterocycles. The summed E-state index contributed by atoms with van der Waals surface area (Å²) < 4.78 is 0. The van der Waals surface area contributed by atoms with Gasteiger partial charge in [-0.1, -0.05) is 54.6 Å². The second kappa shape index (κ2) is 10.6. The normalized spacial score (nSPS) is 21.1. The van der Waals surface area contributed by atoms with Crippen molar-refractivity contribution >= 4 is 18.1 Å². The van der Waals surface area contributed by atoms with E-state index in [0.29, 0.717) is 5.92 Å². The number of nitrogens with zero attached hydrogens (tertiary/aromatic N) is 2. The molecule has 2 aromatic rings. The molecule has 2 aliphatic rings. The average Bonchev–Trinajstić information content (AvgIpc) is 3.61. The summed E-state index contributed by atoms with van der Waals surface area (Å²) in [7, 11) is 1.40. The maximum absolute atomic E-state index is 12.1. The van der Waals surface area contributed by atoms with E-state index >= 15 is 0 Å². The molecule has 0 bridgehead atoms. The van der Waals surface area contributed by atoms with Crippen molar-refractivity contribution in [2.45, 2.75) is 43.8 Å². The quantitative estimate of drug-likeness (QED) is 0.472. The number of hydrogen-bond donors (Lipinski definition) is 2. The summed E-state index contributed by atoms with van der Waals surface area (Å²) in [6, 6.07) is 18.5. The highest BCUT2D eigenvalue weighted by Gasteiger charge is 2.47. The number of rotatable bonds is 8. The molecule has 7 heteroatoms. The molecule has 1 aliphatic carbocycles. The van der Waals surface area contributed by atoms with Gasteiger partial charge in [0.1, 0.15) is 0 Å². The molecule has 7 nitrogen and oxygen atoms in total. The molecular formula is C26H31N3O4. The monoisotopic (exact) mass is 449 g/mol. The predicted octanol–water partition coefficient (Wildman–Crippen LogP) is 3.88. The van der Waals surface area contributed by atoms with Gasteiger partial charge in [-0.15, -0.1) is 0 Å². The van der Waals surface area contributed by atoms with Gasteiger partial charge in [0.15, 0.2) is 0 Å². The summed E-state index contributed by atoms with van der Waals surface area (Å²) in [6.07, 6.45) is 5.02. The van der Waals surface area contributed by atoms with Crippen molar-refractivity contribution in [3.63, 3.8) is 0 Å². The molecule has 0 aromatic heterocycles. The van der Waals surface area contributed by atoms with Gasteiger partial charge in [-0.3, -0.25) is 14.5 Å². The highest BCUT2D eigenvalue weighted by Crippen LogP contribution is 2.46. The minimum atomic E-state index is -0.792. The van der Waals surface area contributed by atoms with Crippen LogP contribution >= 0.6 is 0 Å². The smallest absolute Gasteiger partial charge is 0.407 e. The molecule has 4 rings (SSSR count). The second-order valence-corrected chi connectivity index (χ2v) is 8.76. The van der Waals surface area contributed by atoms with Gasteiger partial charge in [-0.25, -0.2) is 10.3 Å². The van der Waals surface area contributed by atoms with Crippen molar-refractivity contribution in [2.75, 3.05) is 20.2 Å². The third kappa shape index (κ3) is 6.00. The number of carbonyl (C=O) groups is 2. The van der Waals surface area contributed by atoms with Gasteiger partial charge in [0.05, 0.1) is 7.11 Å². The fraction of sp³-hybridized carbons (Fsp3) is 0.385.